The molecular formula is C43H25N3O2. The normalized spacial score (nSPS) is 11.8. The van der Waals surface area contributed by atoms with Crippen molar-refractivity contribution < 1.29 is 8.83 Å². The highest BCUT2D eigenvalue weighted by molar-refractivity contribution is 6.15. The number of benzene rings is 7. The molecule has 48 heavy (non-hydrogen) atoms. The molecule has 0 saturated heterocycles. The fraction of sp³-hybridized carbons (Fsp3) is 0. The Bertz CT molecular complexity index is 2850. The Morgan fingerprint density at radius 2 is 0.979 bits per heavy atom. The standard InChI is InChI=1S/C43H25N3O2/c1-2-11-26(12-3-1)41-44-42(46-43(45-41)34-20-9-19-33-32-17-6-7-21-36(32)48-40(33)34)30-16-8-15-29(23-30)31-18-10-22-37-39(31)35-24-27-13-4-5-14-28(27)25-38(35)47-37/h1-25H. The number of para-hydroxylation sites is 2. The van der Waals surface area contributed by atoms with Crippen LogP contribution < -0.4 is 0 Å². The zero-order valence-electron chi connectivity index (χ0n) is 25.6. The molecule has 0 N–H and O–H groups in total. The highest BCUT2D eigenvalue weighted by atomic mass is 16.3. The van der Waals surface area contributed by atoms with Gasteiger partial charge in [0.05, 0.1) is 5.56 Å². The molecule has 7 aromatic carbocycles. The molecule has 0 saturated carbocycles. The molecule has 0 aliphatic heterocycles. The Labute approximate surface area is 274 Å². The van der Waals surface area contributed by atoms with Gasteiger partial charge in [0, 0.05) is 32.7 Å². The van der Waals surface area contributed by atoms with Crippen molar-refractivity contribution in [2.45, 2.75) is 0 Å². The Morgan fingerprint density at radius 3 is 1.88 bits per heavy atom. The van der Waals surface area contributed by atoms with Crippen molar-refractivity contribution in [3.05, 3.63) is 152 Å². The van der Waals surface area contributed by atoms with Gasteiger partial charge in [-0.3, -0.25) is 0 Å². The number of rotatable bonds is 4. The third-order valence-electron chi connectivity index (χ3n) is 9.11. The van der Waals surface area contributed by atoms with Crippen molar-refractivity contribution in [2.75, 3.05) is 0 Å². The van der Waals surface area contributed by atoms with Gasteiger partial charge in [-0.1, -0.05) is 115 Å². The highest BCUT2D eigenvalue weighted by Gasteiger charge is 2.19. The second-order valence-corrected chi connectivity index (χ2v) is 12.0. The van der Waals surface area contributed by atoms with Crippen molar-refractivity contribution in [2.24, 2.45) is 0 Å². The van der Waals surface area contributed by atoms with Crippen LogP contribution in [-0.4, -0.2) is 15.0 Å². The summed E-state index contributed by atoms with van der Waals surface area (Å²) in [6, 6.07) is 51.7. The van der Waals surface area contributed by atoms with Crippen molar-refractivity contribution in [3.8, 4) is 45.3 Å². The minimum atomic E-state index is 0.559. The van der Waals surface area contributed by atoms with Crippen LogP contribution in [0.5, 0.6) is 0 Å². The molecule has 0 amide bonds. The van der Waals surface area contributed by atoms with Gasteiger partial charge in [-0.05, 0) is 58.3 Å². The topological polar surface area (TPSA) is 65.0 Å². The predicted octanol–water partition coefficient (Wildman–Crippen LogP) is 11.5. The van der Waals surface area contributed by atoms with Gasteiger partial charge in [-0.15, -0.1) is 0 Å². The lowest BCUT2D eigenvalue weighted by atomic mass is 9.97. The highest BCUT2D eigenvalue weighted by Crippen LogP contribution is 2.40. The molecule has 10 rings (SSSR count). The van der Waals surface area contributed by atoms with E-state index in [-0.39, 0.29) is 0 Å². The molecule has 224 valence electrons. The van der Waals surface area contributed by atoms with Crippen LogP contribution in [0.3, 0.4) is 0 Å². The van der Waals surface area contributed by atoms with E-state index in [0.717, 1.165) is 77.1 Å². The first kappa shape index (κ1) is 26.6. The van der Waals surface area contributed by atoms with E-state index >= 15 is 0 Å². The monoisotopic (exact) mass is 615 g/mol. The minimum Gasteiger partial charge on any atom is -0.456 e. The zero-order chi connectivity index (χ0) is 31.6. The van der Waals surface area contributed by atoms with E-state index in [1.165, 1.54) is 5.39 Å². The number of aromatic nitrogens is 3. The lowest BCUT2D eigenvalue weighted by Crippen LogP contribution is -2.00. The van der Waals surface area contributed by atoms with Gasteiger partial charge in [0.25, 0.3) is 0 Å². The first-order chi connectivity index (χ1) is 23.8. The maximum atomic E-state index is 6.39. The third kappa shape index (κ3) is 4.22. The van der Waals surface area contributed by atoms with Crippen LogP contribution in [0.4, 0.5) is 0 Å². The van der Waals surface area contributed by atoms with E-state index in [9.17, 15) is 0 Å². The Balaban J connectivity index is 1.17. The zero-order valence-corrected chi connectivity index (χ0v) is 25.6. The average molecular weight is 616 g/mol. The molecule has 0 aliphatic carbocycles. The molecule has 3 heterocycles. The third-order valence-corrected chi connectivity index (χ3v) is 9.11. The van der Waals surface area contributed by atoms with E-state index in [1.807, 2.05) is 66.7 Å². The number of hydrogen-bond acceptors (Lipinski definition) is 5. The Morgan fingerprint density at radius 1 is 0.354 bits per heavy atom. The molecule has 0 radical (unpaired) electrons. The number of hydrogen-bond donors (Lipinski definition) is 0. The van der Waals surface area contributed by atoms with Gasteiger partial charge in [-0.25, -0.2) is 15.0 Å². The molecule has 5 nitrogen and oxygen atoms in total. The van der Waals surface area contributed by atoms with Crippen molar-refractivity contribution in [3.63, 3.8) is 0 Å². The molecular weight excluding hydrogens is 590 g/mol. The molecule has 0 aliphatic rings. The van der Waals surface area contributed by atoms with Crippen LogP contribution in [-0.2, 0) is 0 Å². The second-order valence-electron chi connectivity index (χ2n) is 12.0. The average Bonchev–Trinajstić information content (AvgIpc) is 3.72. The first-order valence-electron chi connectivity index (χ1n) is 15.9. The summed E-state index contributed by atoms with van der Waals surface area (Å²) >= 11 is 0. The van der Waals surface area contributed by atoms with Gasteiger partial charge in [0.1, 0.15) is 22.3 Å². The summed E-state index contributed by atoms with van der Waals surface area (Å²) in [4.78, 5) is 15.1. The van der Waals surface area contributed by atoms with Crippen LogP contribution in [0.1, 0.15) is 0 Å². The van der Waals surface area contributed by atoms with Crippen LogP contribution >= 0.6 is 0 Å². The van der Waals surface area contributed by atoms with E-state index < -0.39 is 0 Å². The summed E-state index contributed by atoms with van der Waals surface area (Å²) in [5, 5.41) is 6.62. The molecule has 0 spiro atoms. The van der Waals surface area contributed by atoms with E-state index in [4.69, 9.17) is 23.8 Å². The predicted molar refractivity (Wildman–Crippen MR) is 194 cm³/mol. The van der Waals surface area contributed by atoms with Gasteiger partial charge in [0.2, 0.25) is 0 Å². The summed E-state index contributed by atoms with van der Waals surface area (Å²) in [6.07, 6.45) is 0. The van der Waals surface area contributed by atoms with E-state index in [2.05, 4.69) is 84.9 Å². The molecule has 10 aromatic rings. The number of nitrogens with zero attached hydrogens (tertiary/aromatic N) is 3. The largest absolute Gasteiger partial charge is 0.456 e. The van der Waals surface area contributed by atoms with Gasteiger partial charge >= 0.3 is 0 Å². The van der Waals surface area contributed by atoms with E-state index in [1.54, 1.807) is 0 Å². The lowest BCUT2D eigenvalue weighted by molar-refractivity contribution is 0.669. The molecule has 0 fully saturated rings. The fourth-order valence-corrected chi connectivity index (χ4v) is 6.84. The first-order valence-corrected chi connectivity index (χ1v) is 15.9. The molecule has 0 unspecified atom stereocenters. The Kier molecular flexibility index (Phi) is 5.81. The maximum Gasteiger partial charge on any atom is 0.167 e. The molecule has 3 aromatic heterocycles. The van der Waals surface area contributed by atoms with Crippen LogP contribution in [0.15, 0.2) is 160 Å². The van der Waals surface area contributed by atoms with Gasteiger partial charge in [0.15, 0.2) is 17.5 Å². The van der Waals surface area contributed by atoms with Gasteiger partial charge in [-0.2, -0.15) is 0 Å². The fourth-order valence-electron chi connectivity index (χ4n) is 6.84. The van der Waals surface area contributed by atoms with Crippen LogP contribution in [0, 0.1) is 0 Å². The van der Waals surface area contributed by atoms with E-state index in [0.29, 0.717) is 17.5 Å². The second kappa shape index (κ2) is 10.5. The smallest absolute Gasteiger partial charge is 0.167 e. The number of furan rings is 2. The maximum absolute atomic E-state index is 6.39. The quantitative estimate of drug-likeness (QED) is 0.197. The molecule has 0 bridgehead atoms. The molecule has 0 atom stereocenters. The summed E-state index contributed by atoms with van der Waals surface area (Å²) in [5.74, 6) is 1.75. The Hall–Kier alpha value is -6.59. The van der Waals surface area contributed by atoms with Crippen molar-refractivity contribution in [1.29, 1.82) is 0 Å². The minimum absolute atomic E-state index is 0.559. The van der Waals surface area contributed by atoms with Gasteiger partial charge < -0.3 is 8.83 Å². The summed E-state index contributed by atoms with van der Waals surface area (Å²) in [5.41, 5.74) is 8.09. The number of fused-ring (bicyclic) bond motifs is 7. The van der Waals surface area contributed by atoms with Crippen LogP contribution in [0.2, 0.25) is 0 Å². The van der Waals surface area contributed by atoms with Crippen molar-refractivity contribution in [1.82, 2.24) is 15.0 Å². The summed E-state index contributed by atoms with van der Waals surface area (Å²) < 4.78 is 12.8. The van der Waals surface area contributed by atoms with Crippen molar-refractivity contribution >= 4 is 54.6 Å². The van der Waals surface area contributed by atoms with Crippen LogP contribution in [0.25, 0.3) is 99.9 Å². The summed E-state index contributed by atoms with van der Waals surface area (Å²) in [7, 11) is 0. The molecule has 5 heteroatoms. The SMILES string of the molecule is c1ccc(-c2nc(-c3cccc(-c4cccc5oc6cc7ccccc7cc6c45)c3)nc(-c3cccc4c3oc3ccccc34)n2)cc1. The lowest BCUT2D eigenvalue weighted by Gasteiger charge is -2.10. The summed E-state index contributed by atoms with van der Waals surface area (Å²) in [6.45, 7) is 0.